The summed E-state index contributed by atoms with van der Waals surface area (Å²) in [6, 6.07) is 10.8. The summed E-state index contributed by atoms with van der Waals surface area (Å²) in [6.07, 6.45) is 0. The van der Waals surface area contributed by atoms with E-state index in [2.05, 4.69) is 54.7 Å². The van der Waals surface area contributed by atoms with Gasteiger partial charge in [-0.05, 0) is 23.1 Å². The van der Waals surface area contributed by atoms with Gasteiger partial charge in [-0.15, -0.1) is 11.3 Å². The second-order valence-corrected chi connectivity index (χ2v) is 6.66. The molecule has 0 saturated heterocycles. The molecule has 0 bridgehead atoms. The normalized spacial score (nSPS) is 11.1. The molecule has 0 amide bonds. The number of nitrogens with one attached hydrogen (secondary N) is 1. The molecular weight excluding hydrogens is 288 g/mol. The lowest BCUT2D eigenvalue weighted by Gasteiger charge is -2.24. The predicted molar refractivity (Wildman–Crippen MR) is 89.9 cm³/mol. The molecule has 0 radical (unpaired) electrons. The van der Waals surface area contributed by atoms with Gasteiger partial charge in [0.1, 0.15) is 0 Å². The van der Waals surface area contributed by atoms with Gasteiger partial charge in [-0.3, -0.25) is 0 Å². The molecule has 2 nitrogen and oxygen atoms in total. The Labute approximate surface area is 130 Å². The molecule has 0 fully saturated rings. The van der Waals surface area contributed by atoms with Crippen molar-refractivity contribution in [3.8, 4) is 0 Å². The highest BCUT2D eigenvalue weighted by molar-refractivity contribution is 7.09. The number of hydrogen-bond donors (Lipinski definition) is 1. The number of thiophene rings is 1. The van der Waals surface area contributed by atoms with E-state index < -0.39 is 0 Å². The van der Waals surface area contributed by atoms with Gasteiger partial charge in [-0.2, -0.15) is 0 Å². The van der Waals surface area contributed by atoms with Crippen molar-refractivity contribution in [2.75, 3.05) is 11.9 Å². The largest absolute Gasteiger partial charge is 0.368 e. The van der Waals surface area contributed by atoms with E-state index in [1.807, 2.05) is 12.1 Å². The summed E-state index contributed by atoms with van der Waals surface area (Å²) in [5.41, 5.74) is 2.36. The van der Waals surface area contributed by atoms with Gasteiger partial charge in [-0.1, -0.05) is 43.6 Å². The van der Waals surface area contributed by atoms with E-state index in [-0.39, 0.29) is 0 Å². The van der Waals surface area contributed by atoms with E-state index in [9.17, 15) is 0 Å². The van der Waals surface area contributed by atoms with Crippen LogP contribution in [0, 0.1) is 0 Å². The molecule has 1 heterocycles. The number of benzene rings is 1. The Balaban J connectivity index is 2.19. The highest BCUT2D eigenvalue weighted by Crippen LogP contribution is 2.30. The van der Waals surface area contributed by atoms with Gasteiger partial charge in [0, 0.05) is 24.5 Å². The second-order valence-electron chi connectivity index (χ2n) is 5.22. The van der Waals surface area contributed by atoms with Crippen LogP contribution in [-0.2, 0) is 13.1 Å². The van der Waals surface area contributed by atoms with E-state index in [1.165, 1.54) is 10.4 Å². The minimum absolute atomic E-state index is 0.462. The Morgan fingerprint density at radius 3 is 2.70 bits per heavy atom. The van der Waals surface area contributed by atoms with Gasteiger partial charge >= 0.3 is 0 Å². The minimum Gasteiger partial charge on any atom is -0.368 e. The zero-order valence-corrected chi connectivity index (χ0v) is 13.8. The third kappa shape index (κ3) is 3.98. The number of rotatable bonds is 6. The standard InChI is InChI=1S/C16H21ClN2S/c1-12(2)18-10-13-6-4-8-15(17)16(13)19(3)11-14-7-5-9-20-14/h4-9,12,18H,10-11H2,1-3H3. The van der Waals surface area contributed by atoms with Gasteiger partial charge < -0.3 is 10.2 Å². The number of nitrogens with zero attached hydrogens (tertiary/aromatic N) is 1. The molecule has 2 rings (SSSR count). The predicted octanol–water partition coefficient (Wildman–Crippen LogP) is 4.54. The van der Waals surface area contributed by atoms with Crippen LogP contribution in [-0.4, -0.2) is 13.1 Å². The summed E-state index contributed by atoms with van der Waals surface area (Å²) in [6.45, 7) is 6.03. The molecule has 4 heteroatoms. The lowest BCUT2D eigenvalue weighted by molar-refractivity contribution is 0.588. The number of halogens is 1. The lowest BCUT2D eigenvalue weighted by Crippen LogP contribution is -2.24. The van der Waals surface area contributed by atoms with E-state index in [1.54, 1.807) is 11.3 Å². The number of anilines is 1. The summed E-state index contributed by atoms with van der Waals surface area (Å²) >= 11 is 8.19. The third-order valence-electron chi connectivity index (χ3n) is 3.13. The minimum atomic E-state index is 0.462. The van der Waals surface area contributed by atoms with Crippen molar-refractivity contribution < 1.29 is 0 Å². The molecule has 0 atom stereocenters. The van der Waals surface area contributed by atoms with Crippen molar-refractivity contribution in [1.82, 2.24) is 5.32 Å². The van der Waals surface area contributed by atoms with Crippen LogP contribution in [0.4, 0.5) is 5.69 Å². The maximum absolute atomic E-state index is 6.41. The molecule has 20 heavy (non-hydrogen) atoms. The molecule has 1 aromatic carbocycles. The lowest BCUT2D eigenvalue weighted by atomic mass is 10.1. The van der Waals surface area contributed by atoms with Gasteiger partial charge in [-0.25, -0.2) is 0 Å². The van der Waals surface area contributed by atoms with Gasteiger partial charge in [0.2, 0.25) is 0 Å². The van der Waals surface area contributed by atoms with E-state index in [0.29, 0.717) is 6.04 Å². The molecule has 0 aliphatic heterocycles. The molecule has 0 aliphatic rings. The Hall–Kier alpha value is -1.03. The molecule has 0 saturated carbocycles. The van der Waals surface area contributed by atoms with E-state index in [4.69, 9.17) is 11.6 Å². The molecule has 108 valence electrons. The quantitative estimate of drug-likeness (QED) is 0.843. The first-order valence-electron chi connectivity index (χ1n) is 6.82. The van der Waals surface area contributed by atoms with Crippen molar-refractivity contribution >= 4 is 28.6 Å². The SMILES string of the molecule is CC(C)NCc1cccc(Cl)c1N(C)Cc1cccs1. The first-order valence-corrected chi connectivity index (χ1v) is 8.08. The topological polar surface area (TPSA) is 15.3 Å². The molecular formula is C16H21ClN2S. The van der Waals surface area contributed by atoms with Crippen LogP contribution in [0.2, 0.25) is 5.02 Å². The van der Waals surface area contributed by atoms with Crippen molar-refractivity contribution in [3.05, 3.63) is 51.2 Å². The smallest absolute Gasteiger partial charge is 0.0642 e. The van der Waals surface area contributed by atoms with Crippen LogP contribution in [0.3, 0.4) is 0 Å². The molecule has 0 spiro atoms. The van der Waals surface area contributed by atoms with E-state index in [0.717, 1.165) is 23.8 Å². The van der Waals surface area contributed by atoms with Crippen LogP contribution in [0.1, 0.15) is 24.3 Å². The molecule has 1 N–H and O–H groups in total. The maximum Gasteiger partial charge on any atom is 0.0642 e. The van der Waals surface area contributed by atoms with Crippen LogP contribution in [0.25, 0.3) is 0 Å². The monoisotopic (exact) mass is 308 g/mol. The highest BCUT2D eigenvalue weighted by atomic mass is 35.5. The van der Waals surface area contributed by atoms with Gasteiger partial charge in [0.25, 0.3) is 0 Å². The van der Waals surface area contributed by atoms with Crippen LogP contribution >= 0.6 is 22.9 Å². The van der Waals surface area contributed by atoms with Crippen LogP contribution in [0.15, 0.2) is 35.7 Å². The zero-order chi connectivity index (χ0) is 14.5. The molecule has 0 unspecified atom stereocenters. The van der Waals surface area contributed by atoms with Crippen LogP contribution < -0.4 is 10.2 Å². The van der Waals surface area contributed by atoms with E-state index >= 15 is 0 Å². The zero-order valence-electron chi connectivity index (χ0n) is 12.2. The Bertz CT molecular complexity index is 537. The number of hydrogen-bond acceptors (Lipinski definition) is 3. The summed E-state index contributed by atoms with van der Waals surface area (Å²) in [7, 11) is 2.10. The Kier molecular flexibility index (Phi) is 5.46. The van der Waals surface area contributed by atoms with Crippen molar-refractivity contribution in [3.63, 3.8) is 0 Å². The van der Waals surface area contributed by atoms with Crippen molar-refractivity contribution in [1.29, 1.82) is 0 Å². The highest BCUT2D eigenvalue weighted by Gasteiger charge is 2.12. The molecule has 2 aromatic rings. The fourth-order valence-corrected chi connectivity index (χ4v) is 3.26. The summed E-state index contributed by atoms with van der Waals surface area (Å²) in [4.78, 5) is 3.57. The third-order valence-corrected chi connectivity index (χ3v) is 4.29. The summed E-state index contributed by atoms with van der Waals surface area (Å²) < 4.78 is 0. The summed E-state index contributed by atoms with van der Waals surface area (Å²) in [5.74, 6) is 0. The fraction of sp³-hybridized carbons (Fsp3) is 0.375. The second kappa shape index (κ2) is 7.11. The van der Waals surface area contributed by atoms with Crippen molar-refractivity contribution in [2.45, 2.75) is 33.0 Å². The summed E-state index contributed by atoms with van der Waals surface area (Å²) in [5, 5.41) is 6.38. The average molecular weight is 309 g/mol. The maximum atomic E-state index is 6.41. The average Bonchev–Trinajstić information content (AvgIpc) is 2.88. The van der Waals surface area contributed by atoms with Gasteiger partial charge in [0.15, 0.2) is 0 Å². The fourth-order valence-electron chi connectivity index (χ4n) is 2.16. The molecule has 1 aromatic heterocycles. The number of para-hydroxylation sites is 1. The first-order chi connectivity index (χ1) is 9.58. The first kappa shape index (κ1) is 15.4. The van der Waals surface area contributed by atoms with Crippen molar-refractivity contribution in [2.24, 2.45) is 0 Å². The Morgan fingerprint density at radius 1 is 1.25 bits per heavy atom. The molecule has 0 aliphatic carbocycles. The Morgan fingerprint density at radius 2 is 2.05 bits per heavy atom. The van der Waals surface area contributed by atoms with Gasteiger partial charge in [0.05, 0.1) is 17.3 Å². The van der Waals surface area contributed by atoms with Crippen LogP contribution in [0.5, 0.6) is 0 Å².